The van der Waals surface area contributed by atoms with E-state index in [0.717, 1.165) is 0 Å². The Kier molecular flexibility index (Phi) is 109. The van der Waals surface area contributed by atoms with Crippen LogP contribution in [0.2, 0.25) is 0 Å². The molecule has 0 spiro atoms. The summed E-state index contributed by atoms with van der Waals surface area (Å²) >= 11 is 0. The van der Waals surface area contributed by atoms with Crippen molar-refractivity contribution in [2.75, 3.05) is 0 Å². The molecular formula is HgN6. The molecule has 0 fully saturated rings. The fourth-order valence-electron chi connectivity index (χ4n) is 0. The Hall–Kier alpha value is -0.445. The third-order valence-electron chi connectivity index (χ3n) is 0. The van der Waals surface area contributed by atoms with Crippen LogP contribution in [0.3, 0.4) is 0 Å². The minimum atomic E-state index is 0. The second-order valence-corrected chi connectivity index (χ2v) is 0.179. The summed E-state index contributed by atoms with van der Waals surface area (Å²) in [6, 6.07) is 0. The fraction of sp³-hybridized carbons (Fsp3) is 0. The Labute approximate surface area is 59.9 Å². The zero-order valence-electron chi connectivity index (χ0n) is 3.39. The molecule has 0 rings (SSSR count). The van der Waals surface area contributed by atoms with Crippen molar-refractivity contribution in [3.8, 4) is 0 Å². The van der Waals surface area contributed by atoms with E-state index in [4.69, 9.17) is 22.1 Å². The average molecular weight is 285 g/mol. The third-order valence-corrected chi connectivity index (χ3v) is 0. The van der Waals surface area contributed by atoms with Crippen LogP contribution in [0.25, 0.3) is 31.9 Å². The largest absolute Gasteiger partial charge is 2.00 e. The standard InChI is InChI=1S/Hg.2N3/c;2*1-3-2/q+2;2*-1. The van der Waals surface area contributed by atoms with Gasteiger partial charge in [-0.05, 0) is 0 Å². The second kappa shape index (κ2) is 47.7. The predicted octanol–water partition coefficient (Wildman–Crippen LogP) is 1.73. The van der Waals surface area contributed by atoms with Gasteiger partial charge in [0.15, 0.2) is 0 Å². The molecule has 0 aliphatic heterocycles. The van der Waals surface area contributed by atoms with E-state index in [1.807, 2.05) is 0 Å². The molecule has 0 bridgehead atoms. The van der Waals surface area contributed by atoms with E-state index in [9.17, 15) is 0 Å². The molecule has 0 aromatic rings. The van der Waals surface area contributed by atoms with Crippen LogP contribution in [0.1, 0.15) is 0 Å². The van der Waals surface area contributed by atoms with Crippen LogP contribution in [-0.4, -0.2) is 0 Å². The minimum Gasteiger partial charge on any atom is -0.373 e. The molecule has 6 nitrogen and oxygen atoms in total. The topological polar surface area (TPSA) is 117 Å². The van der Waals surface area contributed by atoms with E-state index in [1.165, 1.54) is 9.82 Å². The molecule has 0 saturated heterocycles. The first-order chi connectivity index (χ1) is 2.83. The van der Waals surface area contributed by atoms with E-state index in [0.29, 0.717) is 0 Å². The zero-order valence-corrected chi connectivity index (χ0v) is 8.89. The van der Waals surface area contributed by atoms with E-state index in [2.05, 4.69) is 0 Å². The van der Waals surface area contributed by atoms with Gasteiger partial charge in [-0.1, -0.05) is 0 Å². The van der Waals surface area contributed by atoms with Gasteiger partial charge in [0.25, 0.3) is 0 Å². The van der Waals surface area contributed by atoms with Crippen molar-refractivity contribution in [3.05, 3.63) is 31.9 Å². The maximum absolute atomic E-state index is 6.75. The molecule has 0 saturated carbocycles. The normalized spacial score (nSPS) is 2.29. The van der Waals surface area contributed by atoms with Gasteiger partial charge in [-0.25, -0.2) is 0 Å². The maximum atomic E-state index is 6.75. The van der Waals surface area contributed by atoms with Gasteiger partial charge in [-0.3, -0.25) is 9.82 Å². The summed E-state index contributed by atoms with van der Waals surface area (Å²) in [5.74, 6) is 0. The molecule has 0 aromatic heterocycles. The van der Waals surface area contributed by atoms with Crippen LogP contribution in [0.4, 0.5) is 0 Å². The van der Waals surface area contributed by atoms with Crippen LogP contribution in [0.15, 0.2) is 0 Å². The number of hydrogen-bond donors (Lipinski definition) is 0. The quantitative estimate of drug-likeness (QED) is 0.279. The van der Waals surface area contributed by atoms with E-state index in [1.54, 1.807) is 0 Å². The fourth-order valence-corrected chi connectivity index (χ4v) is 0. The van der Waals surface area contributed by atoms with Crippen molar-refractivity contribution < 1.29 is 27.7 Å². The summed E-state index contributed by atoms with van der Waals surface area (Å²) < 4.78 is 0. The number of nitrogens with zero attached hydrogens (tertiary/aromatic N) is 6. The minimum absolute atomic E-state index is 0. The van der Waals surface area contributed by atoms with Crippen LogP contribution < -0.4 is 0 Å². The van der Waals surface area contributed by atoms with Crippen LogP contribution in [0.5, 0.6) is 0 Å². The molecule has 0 unspecified atom stereocenters. The SMILES string of the molecule is [Hg+2].[N-]=[N+]=[N-].[N-]=[N+]=[N-]. The van der Waals surface area contributed by atoms with Gasteiger partial charge >= 0.3 is 27.7 Å². The van der Waals surface area contributed by atoms with Gasteiger partial charge in [0.05, 0.1) is 0 Å². The summed E-state index contributed by atoms with van der Waals surface area (Å²) in [5.41, 5.74) is 27.0. The van der Waals surface area contributed by atoms with Crippen molar-refractivity contribution in [1.82, 2.24) is 0 Å². The molecule has 0 N–H and O–H groups in total. The van der Waals surface area contributed by atoms with E-state index in [-0.39, 0.29) is 27.7 Å². The van der Waals surface area contributed by atoms with Crippen LogP contribution >= 0.6 is 0 Å². The van der Waals surface area contributed by atoms with E-state index < -0.39 is 0 Å². The molecule has 0 atom stereocenters. The molecule has 0 aromatic carbocycles. The molecule has 0 heterocycles. The van der Waals surface area contributed by atoms with Gasteiger partial charge < -0.3 is 22.1 Å². The first-order valence-electron chi connectivity index (χ1n) is 0.800. The Bertz CT molecular complexity index is 58.2. The first-order valence-corrected chi connectivity index (χ1v) is 0.800. The monoisotopic (exact) mass is 286 g/mol. The van der Waals surface area contributed by atoms with Crippen LogP contribution in [0, 0.1) is 0 Å². The maximum Gasteiger partial charge on any atom is 2.00 e. The summed E-state index contributed by atoms with van der Waals surface area (Å²) in [5, 5.41) is 0. The first kappa shape index (κ1) is 16.0. The summed E-state index contributed by atoms with van der Waals surface area (Å²) in [6.45, 7) is 0. The van der Waals surface area contributed by atoms with Crippen molar-refractivity contribution in [2.45, 2.75) is 0 Å². The van der Waals surface area contributed by atoms with Gasteiger partial charge in [0.2, 0.25) is 0 Å². The van der Waals surface area contributed by atoms with Gasteiger partial charge in [-0.2, -0.15) is 0 Å². The molecule has 0 radical (unpaired) electrons. The van der Waals surface area contributed by atoms with Gasteiger partial charge in [0.1, 0.15) is 0 Å². The summed E-state index contributed by atoms with van der Waals surface area (Å²) in [4.78, 5) is 3.00. The third kappa shape index (κ3) is 355. The molecule has 0 aliphatic rings. The molecule has 0 aliphatic carbocycles. The van der Waals surface area contributed by atoms with Gasteiger partial charge in [-0.15, -0.1) is 0 Å². The second-order valence-electron chi connectivity index (χ2n) is 0.179. The average Bonchev–Trinajstić information content (AvgIpc) is 1.39. The van der Waals surface area contributed by atoms with E-state index >= 15 is 0 Å². The predicted molar refractivity (Wildman–Crippen MR) is 20.2 cm³/mol. The van der Waals surface area contributed by atoms with Crippen molar-refractivity contribution >= 4 is 0 Å². The number of rotatable bonds is 0. The molecule has 7 heteroatoms. The van der Waals surface area contributed by atoms with Crippen molar-refractivity contribution in [3.63, 3.8) is 0 Å². The Morgan fingerprint density at radius 3 is 0.714 bits per heavy atom. The summed E-state index contributed by atoms with van der Waals surface area (Å²) in [6.07, 6.45) is 0. The molecule has 0 amide bonds. The molecule has 32 valence electrons. The van der Waals surface area contributed by atoms with Gasteiger partial charge in [0, 0.05) is 0 Å². The van der Waals surface area contributed by atoms with Crippen LogP contribution in [-0.2, 0) is 27.7 Å². The molecular weight excluding hydrogens is 285 g/mol. The van der Waals surface area contributed by atoms with Crippen molar-refractivity contribution in [1.29, 1.82) is 0 Å². The number of hydrogen-bond acceptors (Lipinski definition) is 0. The summed E-state index contributed by atoms with van der Waals surface area (Å²) in [7, 11) is 0. The Morgan fingerprint density at radius 1 is 0.714 bits per heavy atom. The van der Waals surface area contributed by atoms with Crippen molar-refractivity contribution in [2.24, 2.45) is 0 Å². The Morgan fingerprint density at radius 2 is 0.714 bits per heavy atom. The zero-order chi connectivity index (χ0) is 5.41. The molecule has 7 heavy (non-hydrogen) atoms. The Balaban J connectivity index is -0.0000000400. The smallest absolute Gasteiger partial charge is 0.373 e.